The highest BCUT2D eigenvalue weighted by molar-refractivity contribution is 5.77. The predicted octanol–water partition coefficient (Wildman–Crippen LogP) is 1.07. The molecule has 4 nitrogen and oxygen atoms in total. The van der Waals surface area contributed by atoms with Gasteiger partial charge in [0, 0.05) is 20.1 Å². The Morgan fingerprint density at radius 1 is 1.42 bits per heavy atom. The number of nitrogens with one attached hydrogen (secondary N) is 1. The van der Waals surface area contributed by atoms with Gasteiger partial charge >= 0.3 is 0 Å². The maximum absolute atomic E-state index is 13.0. The second-order valence-corrected chi connectivity index (χ2v) is 4.23. The van der Waals surface area contributed by atoms with Gasteiger partial charge in [-0.05, 0) is 24.6 Å². The zero-order chi connectivity index (χ0) is 14.4. The van der Waals surface area contributed by atoms with E-state index in [-0.39, 0.29) is 24.6 Å². The summed E-state index contributed by atoms with van der Waals surface area (Å²) in [5.74, 6) is -2.05. The van der Waals surface area contributed by atoms with Crippen molar-refractivity contribution in [3.63, 3.8) is 0 Å². The molecule has 0 bridgehead atoms. The van der Waals surface area contributed by atoms with Crippen molar-refractivity contribution in [1.29, 1.82) is 0 Å². The summed E-state index contributed by atoms with van der Waals surface area (Å²) in [7, 11) is 1.68. The molecule has 0 saturated carbocycles. The lowest BCUT2D eigenvalue weighted by Gasteiger charge is -2.16. The summed E-state index contributed by atoms with van der Waals surface area (Å²) < 4.78 is 25.7. The number of nitrogens with zero attached hydrogens (tertiary/aromatic N) is 1. The summed E-state index contributed by atoms with van der Waals surface area (Å²) >= 11 is 0. The monoisotopic (exact) mass is 272 g/mol. The molecule has 0 aliphatic heterocycles. The minimum atomic E-state index is -1.00. The molecule has 2 N–H and O–H groups in total. The number of aliphatic hydroxyl groups is 1. The van der Waals surface area contributed by atoms with E-state index < -0.39 is 17.7 Å². The third-order valence-electron chi connectivity index (χ3n) is 2.84. The average Bonchev–Trinajstić information content (AvgIpc) is 2.40. The van der Waals surface area contributed by atoms with E-state index >= 15 is 0 Å². The quantitative estimate of drug-likeness (QED) is 0.814. The molecule has 0 heterocycles. The molecule has 0 radical (unpaired) electrons. The van der Waals surface area contributed by atoms with E-state index in [4.69, 9.17) is 0 Å². The first kappa shape index (κ1) is 15.5. The molecule has 0 fully saturated rings. The van der Waals surface area contributed by atoms with Gasteiger partial charge in [0.2, 0.25) is 5.91 Å². The number of benzene rings is 1. The van der Waals surface area contributed by atoms with Crippen LogP contribution in [0.25, 0.3) is 0 Å². The molecule has 1 aromatic rings. The molecule has 0 spiro atoms. The van der Waals surface area contributed by atoms with Crippen LogP contribution in [0.1, 0.15) is 18.6 Å². The fraction of sp³-hybridized carbons (Fsp3) is 0.462. The third kappa shape index (κ3) is 4.57. The number of hydrogen-bond donors (Lipinski definition) is 2. The van der Waals surface area contributed by atoms with Crippen LogP contribution in [0.5, 0.6) is 0 Å². The molecule has 1 rings (SSSR count). The fourth-order valence-corrected chi connectivity index (χ4v) is 1.46. The number of likely N-dealkylation sites (N-methyl/N-ethyl adjacent to an activating group) is 1. The Balaban J connectivity index is 2.45. The van der Waals surface area contributed by atoms with E-state index in [2.05, 4.69) is 5.32 Å². The van der Waals surface area contributed by atoms with Gasteiger partial charge in [-0.15, -0.1) is 0 Å². The Kier molecular flexibility index (Phi) is 5.85. The van der Waals surface area contributed by atoms with Gasteiger partial charge in [0.05, 0.1) is 12.6 Å². The van der Waals surface area contributed by atoms with Crippen LogP contribution >= 0.6 is 0 Å². The van der Waals surface area contributed by atoms with Gasteiger partial charge in [0.25, 0.3) is 0 Å². The van der Waals surface area contributed by atoms with Gasteiger partial charge < -0.3 is 15.3 Å². The maximum Gasteiger partial charge on any atom is 0.236 e. The molecule has 1 amide bonds. The van der Waals surface area contributed by atoms with Crippen LogP contribution in [-0.4, -0.2) is 42.6 Å². The fourth-order valence-electron chi connectivity index (χ4n) is 1.46. The van der Waals surface area contributed by atoms with E-state index in [1.54, 1.807) is 7.05 Å². The number of hydrogen-bond acceptors (Lipinski definition) is 3. The number of amides is 1. The van der Waals surface area contributed by atoms with Crippen LogP contribution in [0.15, 0.2) is 18.2 Å². The van der Waals surface area contributed by atoms with Crippen LogP contribution in [0.4, 0.5) is 8.78 Å². The topological polar surface area (TPSA) is 52.6 Å². The van der Waals surface area contributed by atoms with Crippen LogP contribution < -0.4 is 5.32 Å². The number of rotatable bonds is 6. The first-order valence-corrected chi connectivity index (χ1v) is 6.03. The lowest BCUT2D eigenvalue weighted by molar-refractivity contribution is -0.128. The van der Waals surface area contributed by atoms with E-state index in [0.29, 0.717) is 6.54 Å². The zero-order valence-electron chi connectivity index (χ0n) is 11.0. The van der Waals surface area contributed by atoms with E-state index in [9.17, 15) is 18.7 Å². The van der Waals surface area contributed by atoms with E-state index in [1.165, 1.54) is 11.0 Å². The van der Waals surface area contributed by atoms with E-state index in [0.717, 1.165) is 12.1 Å². The molecular weight excluding hydrogens is 254 g/mol. The summed E-state index contributed by atoms with van der Waals surface area (Å²) in [5.41, 5.74) is 0.266. The Bertz CT molecular complexity index is 441. The second-order valence-electron chi connectivity index (χ2n) is 4.23. The number of carbonyl (C=O) groups excluding carboxylic acids is 1. The van der Waals surface area contributed by atoms with Crippen molar-refractivity contribution in [2.24, 2.45) is 0 Å². The molecule has 0 aromatic heterocycles. The number of halogens is 2. The van der Waals surface area contributed by atoms with Crippen molar-refractivity contribution in [3.8, 4) is 0 Å². The molecule has 1 atom stereocenters. The Hall–Kier alpha value is -1.53. The minimum Gasteiger partial charge on any atom is -0.387 e. The molecule has 0 aliphatic rings. The van der Waals surface area contributed by atoms with Crippen molar-refractivity contribution in [2.45, 2.75) is 13.0 Å². The molecule has 0 saturated heterocycles. The number of carbonyl (C=O) groups is 1. The summed E-state index contributed by atoms with van der Waals surface area (Å²) in [6, 6.07) is 3.22. The standard InChI is InChI=1S/C13H18F2N2O2/c1-3-17(2)13(19)8-16-7-12(18)9-4-5-10(14)11(15)6-9/h4-6,12,16,18H,3,7-8H2,1-2H3. The third-order valence-corrected chi connectivity index (χ3v) is 2.84. The second kappa shape index (κ2) is 7.16. The lowest BCUT2D eigenvalue weighted by atomic mass is 10.1. The minimum absolute atomic E-state index is 0.0884. The van der Waals surface area contributed by atoms with Crippen molar-refractivity contribution in [1.82, 2.24) is 10.2 Å². The average molecular weight is 272 g/mol. The molecule has 0 aliphatic carbocycles. The van der Waals surface area contributed by atoms with Gasteiger partial charge in [-0.25, -0.2) is 8.78 Å². The molecule has 106 valence electrons. The van der Waals surface area contributed by atoms with Gasteiger partial charge in [-0.3, -0.25) is 4.79 Å². The van der Waals surface area contributed by atoms with Crippen LogP contribution in [-0.2, 0) is 4.79 Å². The summed E-state index contributed by atoms with van der Waals surface area (Å²) in [6.45, 7) is 2.64. The maximum atomic E-state index is 13.0. The van der Waals surface area contributed by atoms with Crippen molar-refractivity contribution < 1.29 is 18.7 Å². The van der Waals surface area contributed by atoms with Gasteiger partial charge in [0.15, 0.2) is 11.6 Å². The summed E-state index contributed by atoms with van der Waals surface area (Å²) in [6.07, 6.45) is -0.991. The van der Waals surface area contributed by atoms with Crippen LogP contribution in [0.3, 0.4) is 0 Å². The normalized spacial score (nSPS) is 12.3. The smallest absolute Gasteiger partial charge is 0.236 e. The van der Waals surface area contributed by atoms with Crippen LogP contribution in [0, 0.1) is 11.6 Å². The molecule has 1 aromatic carbocycles. The molecule has 6 heteroatoms. The number of aliphatic hydroxyl groups excluding tert-OH is 1. The lowest BCUT2D eigenvalue weighted by Crippen LogP contribution is -2.36. The SMILES string of the molecule is CCN(C)C(=O)CNCC(O)c1ccc(F)c(F)c1. The van der Waals surface area contributed by atoms with Gasteiger partial charge in [-0.1, -0.05) is 6.07 Å². The Labute approximate surface area is 111 Å². The zero-order valence-corrected chi connectivity index (χ0v) is 11.0. The first-order valence-electron chi connectivity index (χ1n) is 6.03. The highest BCUT2D eigenvalue weighted by Gasteiger charge is 2.12. The Morgan fingerprint density at radius 3 is 2.68 bits per heavy atom. The largest absolute Gasteiger partial charge is 0.387 e. The van der Waals surface area contributed by atoms with Gasteiger partial charge in [-0.2, -0.15) is 0 Å². The van der Waals surface area contributed by atoms with Crippen molar-refractivity contribution >= 4 is 5.91 Å². The molecular formula is C13H18F2N2O2. The predicted molar refractivity (Wildman–Crippen MR) is 67.5 cm³/mol. The Morgan fingerprint density at radius 2 is 2.11 bits per heavy atom. The van der Waals surface area contributed by atoms with Gasteiger partial charge in [0.1, 0.15) is 0 Å². The molecule has 19 heavy (non-hydrogen) atoms. The highest BCUT2D eigenvalue weighted by Crippen LogP contribution is 2.15. The molecule has 1 unspecified atom stereocenters. The van der Waals surface area contributed by atoms with E-state index in [1.807, 2.05) is 6.92 Å². The first-order chi connectivity index (χ1) is 8.95. The van der Waals surface area contributed by atoms with Crippen molar-refractivity contribution in [3.05, 3.63) is 35.4 Å². The summed E-state index contributed by atoms with van der Waals surface area (Å²) in [5, 5.41) is 12.5. The van der Waals surface area contributed by atoms with Crippen LogP contribution in [0.2, 0.25) is 0 Å². The summed E-state index contributed by atoms with van der Waals surface area (Å²) in [4.78, 5) is 13.0. The highest BCUT2D eigenvalue weighted by atomic mass is 19.2. The van der Waals surface area contributed by atoms with Crippen molar-refractivity contribution in [2.75, 3.05) is 26.7 Å².